The molecular formula is C24H15Br2NO4. The Labute approximate surface area is 195 Å². The van der Waals surface area contributed by atoms with E-state index in [2.05, 4.69) is 36.9 Å². The molecule has 5 nitrogen and oxygen atoms in total. The van der Waals surface area contributed by atoms with Gasteiger partial charge in [-0.15, -0.1) is 0 Å². The zero-order valence-corrected chi connectivity index (χ0v) is 19.4. The highest BCUT2D eigenvalue weighted by Crippen LogP contribution is 2.35. The number of hydrogen-bond donors (Lipinski definition) is 0. The molecule has 7 heteroatoms. The second-order valence-electron chi connectivity index (χ2n) is 6.76. The van der Waals surface area contributed by atoms with Gasteiger partial charge in [-0.1, -0.05) is 51.8 Å². The summed E-state index contributed by atoms with van der Waals surface area (Å²) in [5.41, 5.74) is 2.81. The molecule has 0 saturated carbocycles. The molecule has 0 spiro atoms. The number of carbonyl (C=O) groups is 2. The fraction of sp³-hybridized carbons (Fsp3) is 0.0417. The molecule has 0 fully saturated rings. The molecule has 0 N–H and O–H groups in total. The van der Waals surface area contributed by atoms with Crippen LogP contribution in [-0.2, 0) is 9.53 Å². The van der Waals surface area contributed by atoms with Crippen molar-refractivity contribution < 1.29 is 19.1 Å². The molecule has 1 aliphatic rings. The summed E-state index contributed by atoms with van der Waals surface area (Å²) in [7, 11) is 0. The van der Waals surface area contributed by atoms with Gasteiger partial charge in [0.1, 0.15) is 0 Å². The summed E-state index contributed by atoms with van der Waals surface area (Å²) in [5.74, 6) is -0.586. The molecule has 1 heterocycles. The van der Waals surface area contributed by atoms with Crippen molar-refractivity contribution in [3.63, 3.8) is 0 Å². The maximum absolute atomic E-state index is 12.6. The van der Waals surface area contributed by atoms with Gasteiger partial charge in [-0.2, -0.15) is 0 Å². The lowest BCUT2D eigenvalue weighted by Gasteiger charge is -2.11. The second kappa shape index (κ2) is 8.99. The van der Waals surface area contributed by atoms with Crippen molar-refractivity contribution in [1.29, 1.82) is 0 Å². The van der Waals surface area contributed by atoms with Gasteiger partial charge in [-0.25, -0.2) is 14.6 Å². The molecular weight excluding hydrogens is 526 g/mol. The minimum atomic E-state index is -0.577. The minimum Gasteiger partial charge on any atom is -0.421 e. The summed E-state index contributed by atoms with van der Waals surface area (Å²) < 4.78 is 12.3. The van der Waals surface area contributed by atoms with Crippen LogP contribution in [-0.4, -0.2) is 17.8 Å². The Kier molecular flexibility index (Phi) is 6.15. The zero-order valence-electron chi connectivity index (χ0n) is 16.3. The summed E-state index contributed by atoms with van der Waals surface area (Å²) in [5, 5.41) is 0. The van der Waals surface area contributed by atoms with Crippen LogP contribution in [0.15, 0.2) is 86.4 Å². The predicted molar refractivity (Wildman–Crippen MR) is 125 cm³/mol. The molecule has 0 bridgehead atoms. The number of aliphatic imine (C=N–C) groups is 1. The topological polar surface area (TPSA) is 65.0 Å². The SMILES string of the molecule is Cc1ccc(C2=N/C(=C\c3cc(Br)cc(Br)c3OC(=O)c3ccccc3)C(=O)O2)cc1. The van der Waals surface area contributed by atoms with E-state index in [9.17, 15) is 9.59 Å². The number of nitrogens with zero attached hydrogens (tertiary/aromatic N) is 1. The summed E-state index contributed by atoms with van der Waals surface area (Å²) in [6, 6.07) is 19.7. The maximum Gasteiger partial charge on any atom is 0.363 e. The molecule has 3 aromatic carbocycles. The largest absolute Gasteiger partial charge is 0.421 e. The zero-order chi connectivity index (χ0) is 22.0. The van der Waals surface area contributed by atoms with E-state index in [0.29, 0.717) is 21.2 Å². The van der Waals surface area contributed by atoms with Gasteiger partial charge in [-0.05, 0) is 65.3 Å². The van der Waals surface area contributed by atoms with Crippen LogP contribution in [0.5, 0.6) is 5.75 Å². The van der Waals surface area contributed by atoms with Crippen molar-refractivity contribution in [3.05, 3.63) is 104 Å². The number of ether oxygens (including phenoxy) is 2. The van der Waals surface area contributed by atoms with Crippen molar-refractivity contribution in [2.24, 2.45) is 4.99 Å². The first-order chi connectivity index (χ1) is 14.9. The number of benzene rings is 3. The Morgan fingerprint density at radius 3 is 2.45 bits per heavy atom. The number of halogens is 2. The number of hydrogen-bond acceptors (Lipinski definition) is 5. The fourth-order valence-electron chi connectivity index (χ4n) is 2.90. The molecule has 4 rings (SSSR count). The molecule has 3 aromatic rings. The average molecular weight is 541 g/mol. The third-order valence-corrected chi connectivity index (χ3v) is 5.50. The van der Waals surface area contributed by atoms with E-state index in [1.54, 1.807) is 36.4 Å². The van der Waals surface area contributed by atoms with Crippen LogP contribution in [0.4, 0.5) is 0 Å². The van der Waals surface area contributed by atoms with Crippen LogP contribution < -0.4 is 4.74 Å². The Bertz CT molecular complexity index is 1230. The lowest BCUT2D eigenvalue weighted by molar-refractivity contribution is -0.129. The van der Waals surface area contributed by atoms with Crippen molar-refractivity contribution in [1.82, 2.24) is 0 Å². The van der Waals surface area contributed by atoms with Crippen LogP contribution in [0.3, 0.4) is 0 Å². The summed E-state index contributed by atoms with van der Waals surface area (Å²) in [4.78, 5) is 29.3. The lowest BCUT2D eigenvalue weighted by Crippen LogP contribution is -2.10. The van der Waals surface area contributed by atoms with Gasteiger partial charge in [0.15, 0.2) is 11.4 Å². The van der Waals surface area contributed by atoms with Crippen LogP contribution in [0.25, 0.3) is 6.08 Å². The first kappa shape index (κ1) is 21.2. The molecule has 0 atom stereocenters. The fourth-order valence-corrected chi connectivity index (χ4v) is 4.24. The Balaban J connectivity index is 1.70. The molecule has 0 amide bonds. The normalized spacial score (nSPS) is 14.4. The van der Waals surface area contributed by atoms with Gasteiger partial charge in [0.05, 0.1) is 10.0 Å². The van der Waals surface area contributed by atoms with Gasteiger partial charge >= 0.3 is 11.9 Å². The van der Waals surface area contributed by atoms with Gasteiger partial charge in [-0.3, -0.25) is 0 Å². The molecule has 0 radical (unpaired) electrons. The molecule has 0 aromatic heterocycles. The van der Waals surface area contributed by atoms with Gasteiger partial charge in [0.25, 0.3) is 0 Å². The maximum atomic E-state index is 12.6. The molecule has 154 valence electrons. The highest BCUT2D eigenvalue weighted by molar-refractivity contribution is 9.11. The van der Waals surface area contributed by atoms with E-state index in [0.717, 1.165) is 10.0 Å². The summed E-state index contributed by atoms with van der Waals surface area (Å²) in [6.07, 6.45) is 1.53. The van der Waals surface area contributed by atoms with E-state index in [1.807, 2.05) is 37.3 Å². The summed E-state index contributed by atoms with van der Waals surface area (Å²) in [6.45, 7) is 1.97. The van der Waals surface area contributed by atoms with Crippen molar-refractivity contribution in [3.8, 4) is 5.75 Å². The van der Waals surface area contributed by atoms with E-state index in [1.165, 1.54) is 6.08 Å². The molecule has 31 heavy (non-hydrogen) atoms. The second-order valence-corrected chi connectivity index (χ2v) is 8.53. The Morgan fingerprint density at radius 1 is 1.03 bits per heavy atom. The van der Waals surface area contributed by atoms with Gasteiger partial charge < -0.3 is 9.47 Å². The quantitative estimate of drug-likeness (QED) is 0.228. The molecule has 0 aliphatic carbocycles. The Morgan fingerprint density at radius 2 is 1.74 bits per heavy atom. The third-order valence-electron chi connectivity index (χ3n) is 4.45. The summed E-state index contributed by atoms with van der Waals surface area (Å²) >= 11 is 6.86. The molecule has 0 unspecified atom stereocenters. The van der Waals surface area contributed by atoms with Crippen LogP contribution >= 0.6 is 31.9 Å². The number of carbonyl (C=O) groups excluding carboxylic acids is 2. The van der Waals surface area contributed by atoms with Crippen molar-refractivity contribution in [2.75, 3.05) is 0 Å². The van der Waals surface area contributed by atoms with Crippen LogP contribution in [0.1, 0.15) is 27.0 Å². The predicted octanol–water partition coefficient (Wildman–Crippen LogP) is 6.08. The van der Waals surface area contributed by atoms with Gasteiger partial charge in [0.2, 0.25) is 5.90 Å². The van der Waals surface area contributed by atoms with E-state index in [4.69, 9.17) is 9.47 Å². The van der Waals surface area contributed by atoms with Crippen LogP contribution in [0, 0.1) is 6.92 Å². The number of aryl methyl sites for hydroxylation is 1. The Hall–Kier alpha value is -3.03. The van der Waals surface area contributed by atoms with E-state index >= 15 is 0 Å². The highest BCUT2D eigenvalue weighted by atomic mass is 79.9. The van der Waals surface area contributed by atoms with Crippen LogP contribution in [0.2, 0.25) is 0 Å². The number of rotatable bonds is 4. The lowest BCUT2D eigenvalue weighted by atomic mass is 10.1. The number of cyclic esters (lactones) is 1. The first-order valence-electron chi connectivity index (χ1n) is 9.26. The van der Waals surface area contributed by atoms with E-state index < -0.39 is 11.9 Å². The standard InChI is InChI=1S/C24H15Br2NO4/c1-14-7-9-15(10-8-14)22-27-20(24(29)31-22)12-17-11-18(25)13-19(26)21(17)30-23(28)16-5-3-2-4-6-16/h2-13H,1H3/b20-12-. The molecule has 0 saturated heterocycles. The van der Waals surface area contributed by atoms with Crippen molar-refractivity contribution >= 4 is 55.8 Å². The minimum absolute atomic E-state index is 0.109. The number of esters is 2. The van der Waals surface area contributed by atoms with Crippen molar-refractivity contribution in [2.45, 2.75) is 6.92 Å². The van der Waals surface area contributed by atoms with E-state index in [-0.39, 0.29) is 17.3 Å². The smallest absolute Gasteiger partial charge is 0.363 e. The third kappa shape index (κ3) is 4.84. The average Bonchev–Trinajstić information content (AvgIpc) is 3.11. The monoisotopic (exact) mass is 539 g/mol. The molecule has 1 aliphatic heterocycles. The first-order valence-corrected chi connectivity index (χ1v) is 10.9. The van der Waals surface area contributed by atoms with Gasteiger partial charge in [0, 0.05) is 15.6 Å². The highest BCUT2D eigenvalue weighted by Gasteiger charge is 2.25.